The van der Waals surface area contributed by atoms with E-state index >= 15 is 0 Å². The predicted molar refractivity (Wildman–Crippen MR) is 142 cm³/mol. The molecule has 0 radical (unpaired) electrons. The van der Waals surface area contributed by atoms with Crippen molar-refractivity contribution >= 4 is 22.4 Å². The van der Waals surface area contributed by atoms with Gasteiger partial charge in [-0.3, -0.25) is 9.67 Å². The summed E-state index contributed by atoms with van der Waals surface area (Å²) in [5, 5.41) is 17.5. The summed E-state index contributed by atoms with van der Waals surface area (Å²) >= 11 is 0. The van der Waals surface area contributed by atoms with Crippen LogP contribution in [0.1, 0.15) is 17.7 Å². The van der Waals surface area contributed by atoms with Crippen LogP contribution in [0.25, 0.3) is 22.4 Å². The van der Waals surface area contributed by atoms with Gasteiger partial charge in [-0.05, 0) is 25.1 Å². The number of hydrogen-bond donors (Lipinski definition) is 2. The van der Waals surface area contributed by atoms with Gasteiger partial charge < -0.3 is 19.9 Å². The van der Waals surface area contributed by atoms with Gasteiger partial charge in [-0.1, -0.05) is 18.2 Å². The van der Waals surface area contributed by atoms with E-state index in [-0.39, 0.29) is 31.1 Å². The molecule has 11 heteroatoms. The van der Waals surface area contributed by atoms with Crippen LogP contribution in [0.2, 0.25) is 0 Å². The number of halogens is 2. The lowest BCUT2D eigenvalue weighted by atomic mass is 10.1. The number of nitrogens with one attached hydrogen (secondary N) is 1. The molecule has 9 nitrogen and oxygen atoms in total. The number of aliphatic hydroxyl groups excluding tert-OH is 1. The van der Waals surface area contributed by atoms with Crippen molar-refractivity contribution in [1.29, 1.82) is 0 Å². The second-order valence-corrected chi connectivity index (χ2v) is 8.74. The molecular weight excluding hydrogens is 506 g/mol. The second kappa shape index (κ2) is 11.4. The molecule has 2 N–H and O–H groups in total. The second-order valence-electron chi connectivity index (χ2n) is 8.74. The number of hydrogen-bond acceptors (Lipinski definition) is 8. The monoisotopic (exact) mass is 532 g/mol. The number of nitrogens with zero attached hydrogens (tertiary/aromatic N) is 5. The van der Waals surface area contributed by atoms with Crippen molar-refractivity contribution < 1.29 is 23.4 Å². The summed E-state index contributed by atoms with van der Waals surface area (Å²) in [7, 11) is 1.53. The van der Waals surface area contributed by atoms with Gasteiger partial charge in [-0.2, -0.15) is 5.10 Å². The van der Waals surface area contributed by atoms with Crippen LogP contribution in [-0.2, 0) is 6.54 Å². The first-order chi connectivity index (χ1) is 19.0. The molecule has 2 aromatic carbocycles. The Balaban J connectivity index is 1.51. The van der Waals surface area contributed by atoms with Gasteiger partial charge >= 0.3 is 0 Å². The number of methoxy groups -OCH3 is 1. The molecule has 0 saturated heterocycles. The van der Waals surface area contributed by atoms with Crippen molar-refractivity contribution in [2.45, 2.75) is 19.9 Å². The number of para-hydroxylation sites is 1. The molecule has 0 atom stereocenters. The smallest absolute Gasteiger partial charge is 0.183 e. The van der Waals surface area contributed by atoms with E-state index in [0.29, 0.717) is 35.0 Å². The summed E-state index contributed by atoms with van der Waals surface area (Å²) in [4.78, 5) is 13.3. The molecule has 0 spiro atoms. The van der Waals surface area contributed by atoms with Crippen molar-refractivity contribution in [3.8, 4) is 23.0 Å². The molecule has 5 aromatic rings. The molecule has 3 heterocycles. The highest BCUT2D eigenvalue weighted by atomic mass is 19.1. The first-order valence-corrected chi connectivity index (χ1v) is 12.2. The summed E-state index contributed by atoms with van der Waals surface area (Å²) in [6.07, 6.45) is 3.59. The largest absolute Gasteiger partial charge is 0.493 e. The Labute approximate surface area is 223 Å². The fraction of sp³-hybridized carbons (Fsp3) is 0.214. The third kappa shape index (κ3) is 5.63. The van der Waals surface area contributed by atoms with Gasteiger partial charge in [0.2, 0.25) is 0 Å². The van der Waals surface area contributed by atoms with E-state index in [9.17, 15) is 8.78 Å². The van der Waals surface area contributed by atoms with Crippen LogP contribution >= 0.6 is 0 Å². The zero-order valence-electron chi connectivity index (χ0n) is 21.4. The number of rotatable bonds is 10. The van der Waals surface area contributed by atoms with E-state index in [0.717, 1.165) is 28.9 Å². The van der Waals surface area contributed by atoms with Gasteiger partial charge in [0.15, 0.2) is 17.4 Å². The third-order valence-electron chi connectivity index (χ3n) is 6.00. The zero-order valence-corrected chi connectivity index (χ0v) is 21.4. The number of ether oxygens (including phenoxy) is 2. The first-order valence-electron chi connectivity index (χ1n) is 12.2. The standard InChI is InChI=1S/C28H26F2N6O3/c1-17-12-18(8-9-31-17)33-27-25(38-2)15-32-28(34-27)26-20-6-3-4-7-24(20)36(35-26)16-21-22(29)13-19(14-23(21)30)39-11-5-10-37/h3-4,6-9,12-15,37H,5,10-11,16H2,1-2H3,(H,31,32,33,34). The number of aliphatic hydroxyl groups is 1. The minimum Gasteiger partial charge on any atom is -0.493 e. The van der Waals surface area contributed by atoms with Gasteiger partial charge in [0.1, 0.15) is 23.1 Å². The van der Waals surface area contributed by atoms with E-state index < -0.39 is 11.6 Å². The summed E-state index contributed by atoms with van der Waals surface area (Å²) in [6, 6.07) is 13.3. The van der Waals surface area contributed by atoms with Gasteiger partial charge in [0.25, 0.3) is 0 Å². The number of aromatic nitrogens is 5. The minimum absolute atomic E-state index is 0.0595. The Kier molecular flexibility index (Phi) is 7.60. The van der Waals surface area contributed by atoms with E-state index in [1.807, 2.05) is 43.3 Å². The van der Waals surface area contributed by atoms with Crippen LogP contribution < -0.4 is 14.8 Å². The molecule has 0 aliphatic carbocycles. The van der Waals surface area contributed by atoms with E-state index in [1.165, 1.54) is 11.8 Å². The van der Waals surface area contributed by atoms with Crippen molar-refractivity contribution in [2.75, 3.05) is 25.6 Å². The highest BCUT2D eigenvalue weighted by molar-refractivity contribution is 5.92. The molecule has 3 aromatic heterocycles. The van der Waals surface area contributed by atoms with Crippen LogP contribution in [0.4, 0.5) is 20.3 Å². The molecule has 0 aliphatic heterocycles. The Hall–Kier alpha value is -4.64. The average Bonchev–Trinajstić information content (AvgIpc) is 3.29. The maximum absolute atomic E-state index is 14.9. The van der Waals surface area contributed by atoms with Crippen LogP contribution in [0, 0.1) is 18.6 Å². The SMILES string of the molecule is COc1cnc(-c2nn(Cc3c(F)cc(OCCCO)cc3F)c3ccccc23)nc1Nc1ccnc(C)c1. The summed E-state index contributed by atoms with van der Waals surface area (Å²) in [5.41, 5.74) is 2.56. The Morgan fingerprint density at radius 3 is 2.59 bits per heavy atom. The Morgan fingerprint density at radius 1 is 1.05 bits per heavy atom. The molecule has 0 saturated carbocycles. The molecule has 0 bridgehead atoms. The number of pyridine rings is 1. The summed E-state index contributed by atoms with van der Waals surface area (Å²) in [5.74, 6) is -0.273. The fourth-order valence-electron chi connectivity index (χ4n) is 4.12. The Morgan fingerprint density at radius 2 is 1.85 bits per heavy atom. The quantitative estimate of drug-likeness (QED) is 0.241. The van der Waals surface area contributed by atoms with Crippen molar-refractivity contribution in [1.82, 2.24) is 24.7 Å². The average molecular weight is 533 g/mol. The van der Waals surface area contributed by atoms with E-state index in [2.05, 4.69) is 25.4 Å². The molecule has 0 unspecified atom stereocenters. The molecule has 5 rings (SSSR count). The topological polar surface area (TPSA) is 107 Å². The first kappa shape index (κ1) is 26.0. The zero-order chi connectivity index (χ0) is 27.4. The molecular formula is C28H26F2N6O3. The number of fused-ring (bicyclic) bond motifs is 1. The number of benzene rings is 2. The van der Waals surface area contributed by atoms with E-state index in [1.54, 1.807) is 12.4 Å². The van der Waals surface area contributed by atoms with Crippen LogP contribution in [0.5, 0.6) is 11.5 Å². The van der Waals surface area contributed by atoms with Crippen molar-refractivity contribution in [3.05, 3.63) is 83.8 Å². The van der Waals surface area contributed by atoms with Crippen LogP contribution in [0.15, 0.2) is 60.9 Å². The van der Waals surface area contributed by atoms with E-state index in [4.69, 9.17) is 14.6 Å². The number of aryl methyl sites for hydroxylation is 1. The third-order valence-corrected chi connectivity index (χ3v) is 6.00. The molecule has 200 valence electrons. The lowest BCUT2D eigenvalue weighted by Crippen LogP contribution is -2.08. The predicted octanol–water partition coefficient (Wildman–Crippen LogP) is 5.04. The molecule has 0 aliphatic rings. The lowest BCUT2D eigenvalue weighted by Gasteiger charge is -2.11. The van der Waals surface area contributed by atoms with Crippen molar-refractivity contribution in [2.24, 2.45) is 0 Å². The van der Waals surface area contributed by atoms with Gasteiger partial charge in [0.05, 0.1) is 32.0 Å². The maximum Gasteiger partial charge on any atom is 0.183 e. The maximum atomic E-state index is 14.9. The minimum atomic E-state index is -0.755. The molecule has 0 amide bonds. The number of anilines is 2. The fourth-order valence-corrected chi connectivity index (χ4v) is 4.12. The highest BCUT2D eigenvalue weighted by Crippen LogP contribution is 2.31. The molecule has 39 heavy (non-hydrogen) atoms. The highest BCUT2D eigenvalue weighted by Gasteiger charge is 2.20. The van der Waals surface area contributed by atoms with Crippen LogP contribution in [0.3, 0.4) is 0 Å². The molecule has 0 fully saturated rings. The van der Waals surface area contributed by atoms with Crippen molar-refractivity contribution in [3.63, 3.8) is 0 Å². The summed E-state index contributed by atoms with van der Waals surface area (Å²) < 4.78 is 42.2. The Bertz CT molecular complexity index is 1600. The van der Waals surface area contributed by atoms with Gasteiger partial charge in [-0.25, -0.2) is 18.7 Å². The summed E-state index contributed by atoms with van der Waals surface area (Å²) in [6.45, 7) is 1.81. The van der Waals surface area contributed by atoms with Crippen LogP contribution in [-0.4, -0.2) is 50.2 Å². The lowest BCUT2D eigenvalue weighted by molar-refractivity contribution is 0.232. The normalized spacial score (nSPS) is 11.1. The van der Waals surface area contributed by atoms with Gasteiger partial charge in [0, 0.05) is 53.7 Å². The van der Waals surface area contributed by atoms with Gasteiger partial charge in [-0.15, -0.1) is 0 Å².